The van der Waals surface area contributed by atoms with Crippen LogP contribution >= 0.6 is 0 Å². The number of rotatable bonds is 6. The Balaban J connectivity index is 2.28. The van der Waals surface area contributed by atoms with Gasteiger partial charge in [0.25, 0.3) is 0 Å². The summed E-state index contributed by atoms with van der Waals surface area (Å²) < 4.78 is 17.9. The molecule has 0 atom stereocenters. The van der Waals surface area contributed by atoms with Crippen molar-refractivity contribution < 1.29 is 19.0 Å². The number of aliphatic hydroxyl groups is 1. The quantitative estimate of drug-likeness (QED) is 0.809. The first-order valence-corrected chi connectivity index (χ1v) is 5.36. The molecule has 0 aromatic heterocycles. The van der Waals surface area contributed by atoms with Crippen LogP contribution in [0.2, 0.25) is 0 Å². The molecule has 0 heterocycles. The monoisotopic (exact) mass is 241 g/mol. The first kappa shape index (κ1) is 13.4. The van der Waals surface area contributed by atoms with E-state index in [2.05, 4.69) is 0 Å². The average molecular weight is 241 g/mol. The van der Waals surface area contributed by atoms with Crippen molar-refractivity contribution >= 4 is 5.91 Å². The Hall–Kier alpha value is -1.62. The van der Waals surface area contributed by atoms with Gasteiger partial charge >= 0.3 is 0 Å². The minimum absolute atomic E-state index is 0.0545. The molecular weight excluding hydrogens is 225 g/mol. The molecule has 0 aliphatic carbocycles. The van der Waals surface area contributed by atoms with Crippen LogP contribution in [-0.4, -0.2) is 42.7 Å². The van der Waals surface area contributed by atoms with E-state index in [0.29, 0.717) is 12.3 Å². The highest BCUT2D eigenvalue weighted by atomic mass is 19.1. The predicted octanol–water partition coefficient (Wildman–Crippen LogP) is 1.05. The summed E-state index contributed by atoms with van der Waals surface area (Å²) in [6.07, 6.45) is 0.230. The summed E-state index contributed by atoms with van der Waals surface area (Å²) in [5, 5.41) is 8.65. The smallest absolute Gasteiger partial charge is 0.225 e. The molecule has 17 heavy (non-hydrogen) atoms. The van der Waals surface area contributed by atoms with Gasteiger partial charge in [0.1, 0.15) is 11.6 Å². The SMILES string of the molecule is CN(CCO)C(=O)CCOc1ccc(F)cc1. The van der Waals surface area contributed by atoms with E-state index in [1.54, 1.807) is 7.05 Å². The highest BCUT2D eigenvalue weighted by Crippen LogP contribution is 2.11. The van der Waals surface area contributed by atoms with Gasteiger partial charge in [-0.1, -0.05) is 0 Å². The summed E-state index contributed by atoms with van der Waals surface area (Å²) in [5.41, 5.74) is 0. The van der Waals surface area contributed by atoms with Crippen LogP contribution in [0.5, 0.6) is 5.75 Å². The molecule has 0 radical (unpaired) electrons. The summed E-state index contributed by atoms with van der Waals surface area (Å²) >= 11 is 0. The van der Waals surface area contributed by atoms with Crippen LogP contribution in [0.3, 0.4) is 0 Å². The fourth-order valence-corrected chi connectivity index (χ4v) is 1.25. The van der Waals surface area contributed by atoms with Crippen molar-refractivity contribution in [3.05, 3.63) is 30.1 Å². The molecule has 5 heteroatoms. The molecule has 1 N–H and O–H groups in total. The number of hydrogen-bond acceptors (Lipinski definition) is 3. The summed E-state index contributed by atoms with van der Waals surface area (Å²) in [6, 6.07) is 5.62. The van der Waals surface area contributed by atoms with Crippen molar-refractivity contribution in [2.75, 3.05) is 26.8 Å². The zero-order valence-electron chi connectivity index (χ0n) is 9.73. The molecule has 0 spiro atoms. The normalized spacial score (nSPS) is 10.1. The number of ether oxygens (including phenoxy) is 1. The molecule has 1 amide bonds. The maximum Gasteiger partial charge on any atom is 0.225 e. The standard InChI is InChI=1S/C12H16FNO3/c1-14(7-8-15)12(16)6-9-17-11-4-2-10(13)3-5-11/h2-5,15H,6-9H2,1H3. The van der Waals surface area contributed by atoms with Crippen LogP contribution in [0.4, 0.5) is 4.39 Å². The molecule has 1 aromatic rings. The van der Waals surface area contributed by atoms with E-state index in [0.717, 1.165) is 0 Å². The van der Waals surface area contributed by atoms with E-state index in [9.17, 15) is 9.18 Å². The fraction of sp³-hybridized carbons (Fsp3) is 0.417. The molecule has 0 bridgehead atoms. The van der Waals surface area contributed by atoms with Gasteiger partial charge in [-0.05, 0) is 24.3 Å². The number of halogens is 1. The second-order valence-corrected chi connectivity index (χ2v) is 3.59. The van der Waals surface area contributed by atoms with E-state index in [1.807, 2.05) is 0 Å². The molecule has 1 rings (SSSR count). The van der Waals surface area contributed by atoms with Gasteiger partial charge in [-0.2, -0.15) is 0 Å². The van der Waals surface area contributed by atoms with Crippen molar-refractivity contribution in [2.45, 2.75) is 6.42 Å². The van der Waals surface area contributed by atoms with Crippen LogP contribution in [0.25, 0.3) is 0 Å². The molecule has 1 aromatic carbocycles. The van der Waals surface area contributed by atoms with E-state index < -0.39 is 0 Å². The van der Waals surface area contributed by atoms with E-state index in [4.69, 9.17) is 9.84 Å². The Bertz CT molecular complexity index is 353. The van der Waals surface area contributed by atoms with Crippen LogP contribution in [0.15, 0.2) is 24.3 Å². The maximum absolute atomic E-state index is 12.6. The summed E-state index contributed by atoms with van der Waals surface area (Å²) in [4.78, 5) is 12.9. The van der Waals surface area contributed by atoms with Gasteiger partial charge in [0.2, 0.25) is 5.91 Å². The van der Waals surface area contributed by atoms with Crippen LogP contribution in [0, 0.1) is 5.82 Å². The minimum atomic E-state index is -0.323. The molecule has 0 fully saturated rings. The zero-order chi connectivity index (χ0) is 12.7. The lowest BCUT2D eigenvalue weighted by Gasteiger charge is -2.15. The van der Waals surface area contributed by atoms with Crippen molar-refractivity contribution in [1.82, 2.24) is 4.90 Å². The molecule has 94 valence electrons. The molecule has 0 saturated carbocycles. The molecule has 0 aliphatic heterocycles. The second kappa shape index (κ2) is 6.85. The third-order valence-corrected chi connectivity index (χ3v) is 2.26. The number of carbonyl (C=O) groups excluding carboxylic acids is 1. The highest BCUT2D eigenvalue weighted by Gasteiger charge is 2.07. The number of amides is 1. The molecule has 0 unspecified atom stereocenters. The number of nitrogens with zero attached hydrogens (tertiary/aromatic N) is 1. The van der Waals surface area contributed by atoms with Gasteiger partial charge in [-0.25, -0.2) is 4.39 Å². The highest BCUT2D eigenvalue weighted by molar-refractivity contribution is 5.75. The van der Waals surface area contributed by atoms with E-state index in [-0.39, 0.29) is 31.4 Å². The van der Waals surface area contributed by atoms with Gasteiger partial charge in [-0.15, -0.1) is 0 Å². The predicted molar refractivity (Wildman–Crippen MR) is 61.2 cm³/mol. The Morgan fingerprint density at radius 1 is 1.41 bits per heavy atom. The lowest BCUT2D eigenvalue weighted by molar-refractivity contribution is -0.130. The number of aliphatic hydroxyl groups excluding tert-OH is 1. The number of benzene rings is 1. The van der Waals surface area contributed by atoms with E-state index in [1.165, 1.54) is 29.2 Å². The fourth-order valence-electron chi connectivity index (χ4n) is 1.25. The van der Waals surface area contributed by atoms with Crippen LogP contribution in [-0.2, 0) is 4.79 Å². The Kier molecular flexibility index (Phi) is 5.42. The maximum atomic E-state index is 12.6. The first-order chi connectivity index (χ1) is 8.13. The summed E-state index contributed by atoms with van der Waals surface area (Å²) in [7, 11) is 1.62. The van der Waals surface area contributed by atoms with Crippen LogP contribution < -0.4 is 4.74 Å². The van der Waals surface area contributed by atoms with Crippen LogP contribution in [0.1, 0.15) is 6.42 Å². The molecule has 0 aliphatic rings. The third kappa shape index (κ3) is 4.82. The van der Waals surface area contributed by atoms with Crippen molar-refractivity contribution in [3.8, 4) is 5.75 Å². The van der Waals surface area contributed by atoms with Gasteiger partial charge < -0.3 is 14.7 Å². The summed E-state index contributed by atoms with van der Waals surface area (Å²) in [6.45, 7) is 0.497. The van der Waals surface area contributed by atoms with Gasteiger partial charge in [-0.3, -0.25) is 4.79 Å². The summed E-state index contributed by atoms with van der Waals surface area (Å²) in [5.74, 6) is 0.112. The lowest BCUT2D eigenvalue weighted by atomic mass is 10.3. The van der Waals surface area contributed by atoms with Crippen molar-refractivity contribution in [2.24, 2.45) is 0 Å². The van der Waals surface area contributed by atoms with Gasteiger partial charge in [0.15, 0.2) is 0 Å². The molecule has 0 saturated heterocycles. The Labute approximate surface area is 99.6 Å². The third-order valence-electron chi connectivity index (χ3n) is 2.26. The second-order valence-electron chi connectivity index (χ2n) is 3.59. The van der Waals surface area contributed by atoms with Gasteiger partial charge in [0.05, 0.1) is 19.6 Å². The topological polar surface area (TPSA) is 49.8 Å². The largest absolute Gasteiger partial charge is 0.493 e. The van der Waals surface area contributed by atoms with Crippen molar-refractivity contribution in [3.63, 3.8) is 0 Å². The average Bonchev–Trinajstić information content (AvgIpc) is 2.32. The Morgan fingerprint density at radius 2 is 2.06 bits per heavy atom. The zero-order valence-corrected chi connectivity index (χ0v) is 9.73. The first-order valence-electron chi connectivity index (χ1n) is 5.36. The molecule has 4 nitrogen and oxygen atoms in total. The minimum Gasteiger partial charge on any atom is -0.493 e. The van der Waals surface area contributed by atoms with E-state index >= 15 is 0 Å². The number of likely N-dealkylation sites (N-methyl/N-ethyl adjacent to an activating group) is 1. The molecular formula is C12H16FNO3. The number of hydrogen-bond donors (Lipinski definition) is 1. The number of carbonyl (C=O) groups is 1. The lowest BCUT2D eigenvalue weighted by Crippen LogP contribution is -2.30. The Morgan fingerprint density at radius 3 is 2.65 bits per heavy atom. The van der Waals surface area contributed by atoms with Crippen molar-refractivity contribution in [1.29, 1.82) is 0 Å². The van der Waals surface area contributed by atoms with Gasteiger partial charge in [0, 0.05) is 13.6 Å².